The molecular weight excluding hydrogens is 183 g/mol. The largest absolute Gasteiger partial charge is 0.316 e. The highest BCUT2D eigenvalue weighted by Crippen LogP contribution is 2.12. The molecule has 0 aliphatic rings. The zero-order chi connectivity index (χ0) is 8.69. The van der Waals surface area contributed by atoms with Crippen molar-refractivity contribution >= 4 is 23.2 Å². The van der Waals surface area contributed by atoms with Gasteiger partial charge in [-0.3, -0.25) is 0 Å². The summed E-state index contributed by atoms with van der Waals surface area (Å²) in [5.74, 6) is 0. The number of nitrogens with two attached hydrogens (primary N) is 2. The van der Waals surface area contributed by atoms with Crippen LogP contribution in [0.3, 0.4) is 0 Å². The minimum Gasteiger partial charge on any atom is -0.316 e. The topological polar surface area (TPSA) is 52.0 Å². The van der Waals surface area contributed by atoms with E-state index in [0.717, 1.165) is 32.1 Å². The van der Waals surface area contributed by atoms with Crippen LogP contribution in [0.5, 0.6) is 0 Å². The van der Waals surface area contributed by atoms with Crippen LogP contribution in [-0.2, 0) is 0 Å². The Kier molecular flexibility index (Phi) is 7.49. The molecule has 0 bridgehead atoms. The van der Waals surface area contributed by atoms with Gasteiger partial charge < -0.3 is 11.5 Å². The van der Waals surface area contributed by atoms with Crippen molar-refractivity contribution in [2.75, 3.05) is 0 Å². The first-order chi connectivity index (χ1) is 5.13. The molecule has 0 heterocycles. The van der Waals surface area contributed by atoms with Crippen LogP contribution in [0.4, 0.5) is 0 Å². The summed E-state index contributed by atoms with van der Waals surface area (Å²) in [5, 5.41) is 0. The summed E-state index contributed by atoms with van der Waals surface area (Å²) in [6.45, 7) is 0. The summed E-state index contributed by atoms with van der Waals surface area (Å²) >= 11 is 11.1. The highest BCUT2D eigenvalue weighted by atomic mass is 35.5. The van der Waals surface area contributed by atoms with E-state index in [1.54, 1.807) is 0 Å². The number of rotatable bonds is 6. The molecule has 0 unspecified atom stereocenters. The maximum absolute atomic E-state index is 5.54. The number of hydrogen-bond donors (Lipinski definition) is 2. The van der Waals surface area contributed by atoms with Gasteiger partial charge in [-0.2, -0.15) is 0 Å². The molecule has 0 rings (SSSR count). The minimum atomic E-state index is -0.221. The van der Waals surface area contributed by atoms with E-state index < -0.39 is 0 Å². The Morgan fingerprint density at radius 1 is 0.909 bits per heavy atom. The van der Waals surface area contributed by atoms with Gasteiger partial charge in [0.1, 0.15) is 4.84 Å². The van der Waals surface area contributed by atoms with Crippen LogP contribution in [-0.4, -0.2) is 11.0 Å². The maximum Gasteiger partial charge on any atom is 0.107 e. The molecule has 0 fully saturated rings. The third-order valence-electron chi connectivity index (χ3n) is 1.46. The van der Waals surface area contributed by atoms with Crippen molar-refractivity contribution < 1.29 is 0 Å². The van der Waals surface area contributed by atoms with Crippen LogP contribution in [0.1, 0.15) is 32.1 Å². The van der Waals surface area contributed by atoms with Crippen molar-refractivity contribution in [1.29, 1.82) is 0 Å². The Labute approximate surface area is 78.2 Å². The molecule has 4 heteroatoms. The summed E-state index contributed by atoms with van der Waals surface area (Å²) in [5.41, 5.74) is 10.7. The van der Waals surface area contributed by atoms with E-state index in [1.165, 1.54) is 0 Å². The molecule has 0 saturated carbocycles. The van der Waals surface area contributed by atoms with E-state index in [2.05, 4.69) is 0 Å². The highest BCUT2D eigenvalue weighted by Gasteiger charge is 1.98. The van der Waals surface area contributed by atoms with Crippen molar-refractivity contribution in [3.8, 4) is 0 Å². The Hall–Kier alpha value is 0.500. The second-order valence-electron chi connectivity index (χ2n) is 2.69. The van der Waals surface area contributed by atoms with Crippen LogP contribution < -0.4 is 11.5 Å². The first-order valence-electron chi connectivity index (χ1n) is 3.92. The van der Waals surface area contributed by atoms with Crippen LogP contribution in [0, 0.1) is 0 Å². The minimum absolute atomic E-state index is 0.169. The van der Waals surface area contributed by atoms with Crippen LogP contribution >= 0.6 is 23.2 Å². The standard InChI is InChI=1S/C7H16Cl2N2/c8-6(9)4-2-1-3-5-7(10)11/h6-7H,1-5,10-11H2. The van der Waals surface area contributed by atoms with Crippen molar-refractivity contribution in [3.63, 3.8) is 0 Å². The lowest BCUT2D eigenvalue weighted by Gasteiger charge is -2.04. The first-order valence-corrected chi connectivity index (χ1v) is 4.79. The monoisotopic (exact) mass is 198 g/mol. The predicted molar refractivity (Wildman–Crippen MR) is 50.7 cm³/mol. The first kappa shape index (κ1) is 11.5. The molecule has 0 atom stereocenters. The lowest BCUT2D eigenvalue weighted by molar-refractivity contribution is 0.559. The van der Waals surface area contributed by atoms with Gasteiger partial charge in [0.2, 0.25) is 0 Å². The van der Waals surface area contributed by atoms with Gasteiger partial charge in [0.05, 0.1) is 6.17 Å². The molecule has 4 N–H and O–H groups in total. The fraction of sp³-hybridized carbons (Fsp3) is 1.00. The quantitative estimate of drug-likeness (QED) is 0.390. The lowest BCUT2D eigenvalue weighted by atomic mass is 10.1. The van der Waals surface area contributed by atoms with Gasteiger partial charge >= 0.3 is 0 Å². The van der Waals surface area contributed by atoms with Crippen LogP contribution in [0.25, 0.3) is 0 Å². The van der Waals surface area contributed by atoms with E-state index in [1.807, 2.05) is 0 Å². The fourth-order valence-corrected chi connectivity index (χ4v) is 1.16. The molecule has 0 radical (unpaired) electrons. The average molecular weight is 199 g/mol. The maximum atomic E-state index is 5.54. The zero-order valence-electron chi connectivity index (χ0n) is 6.60. The summed E-state index contributed by atoms with van der Waals surface area (Å²) in [6, 6.07) is 0. The average Bonchev–Trinajstić information content (AvgIpc) is 1.85. The Morgan fingerprint density at radius 3 is 1.91 bits per heavy atom. The second kappa shape index (κ2) is 7.17. The van der Waals surface area contributed by atoms with Gasteiger partial charge in [0, 0.05) is 0 Å². The van der Waals surface area contributed by atoms with Gasteiger partial charge in [-0.1, -0.05) is 19.3 Å². The van der Waals surface area contributed by atoms with E-state index in [9.17, 15) is 0 Å². The van der Waals surface area contributed by atoms with Crippen molar-refractivity contribution in [3.05, 3.63) is 0 Å². The third-order valence-corrected chi connectivity index (χ3v) is 1.90. The zero-order valence-corrected chi connectivity index (χ0v) is 8.11. The predicted octanol–water partition coefficient (Wildman–Crippen LogP) is 1.98. The van der Waals surface area contributed by atoms with Crippen LogP contribution in [0.2, 0.25) is 0 Å². The molecule has 68 valence electrons. The fourth-order valence-electron chi connectivity index (χ4n) is 0.855. The Morgan fingerprint density at radius 2 is 1.45 bits per heavy atom. The normalized spacial score (nSPS) is 11.5. The summed E-state index contributed by atoms with van der Waals surface area (Å²) in [6.07, 6.45) is 4.82. The molecule has 0 spiro atoms. The molecule has 0 aliphatic heterocycles. The highest BCUT2D eigenvalue weighted by molar-refractivity contribution is 6.44. The molecule has 0 amide bonds. The Balaban J connectivity index is 2.91. The van der Waals surface area contributed by atoms with Crippen molar-refractivity contribution in [1.82, 2.24) is 0 Å². The number of alkyl halides is 2. The number of unbranched alkanes of at least 4 members (excludes halogenated alkanes) is 2. The molecule has 2 nitrogen and oxygen atoms in total. The number of halogens is 2. The molecule has 11 heavy (non-hydrogen) atoms. The van der Waals surface area contributed by atoms with Crippen molar-refractivity contribution in [2.45, 2.75) is 43.1 Å². The van der Waals surface area contributed by atoms with Crippen LogP contribution in [0.15, 0.2) is 0 Å². The molecule has 0 aromatic heterocycles. The van der Waals surface area contributed by atoms with Gasteiger partial charge in [-0.25, -0.2) is 0 Å². The second-order valence-corrected chi connectivity index (χ2v) is 3.97. The summed E-state index contributed by atoms with van der Waals surface area (Å²) < 4.78 is 0. The molecule has 0 aromatic rings. The SMILES string of the molecule is NC(N)CCCCCC(Cl)Cl. The third kappa shape index (κ3) is 10.5. The summed E-state index contributed by atoms with van der Waals surface area (Å²) in [7, 11) is 0. The molecule has 0 aromatic carbocycles. The van der Waals surface area contributed by atoms with E-state index in [4.69, 9.17) is 34.7 Å². The van der Waals surface area contributed by atoms with Crippen molar-refractivity contribution in [2.24, 2.45) is 11.5 Å². The smallest absolute Gasteiger partial charge is 0.107 e. The van der Waals surface area contributed by atoms with E-state index in [0.29, 0.717) is 0 Å². The van der Waals surface area contributed by atoms with E-state index >= 15 is 0 Å². The molecule has 0 saturated heterocycles. The Bertz CT molecular complexity index is 76.5. The van der Waals surface area contributed by atoms with Gasteiger partial charge in [-0.15, -0.1) is 23.2 Å². The van der Waals surface area contributed by atoms with E-state index in [-0.39, 0.29) is 11.0 Å². The lowest BCUT2D eigenvalue weighted by Crippen LogP contribution is -2.29. The van der Waals surface area contributed by atoms with Gasteiger partial charge in [0.25, 0.3) is 0 Å². The number of hydrogen-bond acceptors (Lipinski definition) is 2. The summed E-state index contributed by atoms with van der Waals surface area (Å²) in [4.78, 5) is -0.221. The van der Waals surface area contributed by atoms with Gasteiger partial charge in [-0.05, 0) is 12.8 Å². The van der Waals surface area contributed by atoms with Gasteiger partial charge in [0.15, 0.2) is 0 Å². The molecule has 0 aliphatic carbocycles. The molecular formula is C7H16Cl2N2.